The Bertz CT molecular complexity index is 3230. The van der Waals surface area contributed by atoms with Crippen LogP contribution in [0.2, 0.25) is 0 Å². The van der Waals surface area contributed by atoms with E-state index in [9.17, 15) is 0 Å². The van der Waals surface area contributed by atoms with E-state index in [1.165, 1.54) is 85.8 Å². The Morgan fingerprint density at radius 3 is 2.08 bits per heavy atom. The third kappa shape index (κ3) is 4.24. The molecule has 0 unspecified atom stereocenters. The molecule has 3 aromatic heterocycles. The molecule has 0 bridgehead atoms. The molecule has 1 aliphatic carbocycles. The van der Waals surface area contributed by atoms with Crippen LogP contribution in [0, 0.1) is 0 Å². The third-order valence-electron chi connectivity index (χ3n) is 10.9. The number of hydrogen-bond donors (Lipinski definition) is 0. The van der Waals surface area contributed by atoms with Gasteiger partial charge in [0.15, 0.2) is 0 Å². The number of aromatic nitrogens is 2. The van der Waals surface area contributed by atoms with Gasteiger partial charge >= 0.3 is 0 Å². The molecule has 0 spiro atoms. The first-order valence-corrected chi connectivity index (χ1v) is 18.7. The molecule has 0 saturated carbocycles. The van der Waals surface area contributed by atoms with Crippen molar-refractivity contribution in [3.05, 3.63) is 186 Å². The number of para-hydroxylation sites is 2. The Morgan fingerprint density at radius 1 is 0.500 bits per heavy atom. The zero-order valence-electron chi connectivity index (χ0n) is 28.4. The van der Waals surface area contributed by atoms with Crippen LogP contribution in [0.25, 0.3) is 93.1 Å². The first-order valence-electron chi connectivity index (χ1n) is 17.9. The SMILES string of the molecule is C=C1/C=c2\c(n(-c3ccccc3)c3cc4c(cc23)c2ccccc2n4-c2cccc3c2sc2ccccc23)=C/Cc2ccccc2-c2ccccc21. The summed E-state index contributed by atoms with van der Waals surface area (Å²) >= 11 is 1.88. The molecule has 52 heavy (non-hydrogen) atoms. The highest BCUT2D eigenvalue weighted by Crippen LogP contribution is 2.41. The van der Waals surface area contributed by atoms with E-state index in [2.05, 4.69) is 179 Å². The van der Waals surface area contributed by atoms with E-state index in [0.29, 0.717) is 0 Å². The summed E-state index contributed by atoms with van der Waals surface area (Å²) in [5, 5.41) is 8.72. The van der Waals surface area contributed by atoms with E-state index in [-0.39, 0.29) is 0 Å². The van der Waals surface area contributed by atoms with Crippen LogP contribution in [0.4, 0.5) is 0 Å². The van der Waals surface area contributed by atoms with Gasteiger partial charge in [0.1, 0.15) is 0 Å². The largest absolute Gasteiger partial charge is 0.309 e. The zero-order valence-corrected chi connectivity index (χ0v) is 29.2. The van der Waals surface area contributed by atoms with Gasteiger partial charge in [-0.2, -0.15) is 0 Å². The Labute approximate surface area is 304 Å². The highest BCUT2D eigenvalue weighted by Gasteiger charge is 2.20. The standard InChI is InChI=1S/C49H32N2S/c1-31-28-40-42-29-41-37-20-9-11-23-43(37)51(45-24-13-22-39-38-21-10-12-25-48(38)52-49(39)45)47(41)30-46(42)50(33-15-3-2-4-16-33)44(40)27-26-32-14-5-6-18-35(32)36-19-8-7-17-34(31)36/h2-25,27-30H,1,26H2/b40-28-,44-27+. The van der Waals surface area contributed by atoms with Gasteiger partial charge in [0.2, 0.25) is 0 Å². The average Bonchev–Trinajstić information content (AvgIpc) is 3.84. The summed E-state index contributed by atoms with van der Waals surface area (Å²) in [5.41, 5.74) is 11.9. The molecule has 7 aromatic carbocycles. The quantitative estimate of drug-likeness (QED) is 0.172. The van der Waals surface area contributed by atoms with Crippen molar-refractivity contribution >= 4 is 81.9 Å². The van der Waals surface area contributed by atoms with Crippen LogP contribution in [0.3, 0.4) is 0 Å². The molecule has 0 fully saturated rings. The second kappa shape index (κ2) is 11.3. The molecule has 11 rings (SSSR count). The van der Waals surface area contributed by atoms with Crippen LogP contribution in [-0.2, 0) is 6.42 Å². The van der Waals surface area contributed by atoms with Gasteiger partial charge in [-0.1, -0.05) is 128 Å². The zero-order chi connectivity index (χ0) is 34.3. The molecule has 0 amide bonds. The number of rotatable bonds is 2. The van der Waals surface area contributed by atoms with Crippen molar-refractivity contribution in [1.82, 2.24) is 9.13 Å². The van der Waals surface area contributed by atoms with Crippen molar-refractivity contribution in [3.8, 4) is 22.5 Å². The number of fused-ring (bicyclic) bond motifs is 12. The van der Waals surface area contributed by atoms with Crippen LogP contribution < -0.4 is 10.6 Å². The lowest BCUT2D eigenvalue weighted by molar-refractivity contribution is 1.06. The summed E-state index contributed by atoms with van der Waals surface area (Å²) in [5.74, 6) is 0. The molecule has 10 aromatic rings. The molecular weight excluding hydrogens is 649 g/mol. The second-order valence-corrected chi connectivity index (χ2v) is 14.8. The van der Waals surface area contributed by atoms with E-state index in [0.717, 1.165) is 23.2 Å². The molecule has 3 heterocycles. The summed E-state index contributed by atoms with van der Waals surface area (Å²) in [4.78, 5) is 0. The fourth-order valence-corrected chi connectivity index (χ4v) is 9.79. The predicted molar refractivity (Wildman–Crippen MR) is 223 cm³/mol. The molecule has 3 heteroatoms. The van der Waals surface area contributed by atoms with E-state index in [4.69, 9.17) is 6.58 Å². The van der Waals surface area contributed by atoms with Crippen LogP contribution in [0.1, 0.15) is 11.1 Å². The third-order valence-corrected chi connectivity index (χ3v) is 12.1. The van der Waals surface area contributed by atoms with E-state index in [1.54, 1.807) is 0 Å². The van der Waals surface area contributed by atoms with Crippen LogP contribution in [0.15, 0.2) is 164 Å². The van der Waals surface area contributed by atoms with E-state index in [1.807, 2.05) is 11.3 Å². The summed E-state index contributed by atoms with van der Waals surface area (Å²) < 4.78 is 7.58. The van der Waals surface area contributed by atoms with Crippen molar-refractivity contribution in [2.45, 2.75) is 6.42 Å². The Hall–Kier alpha value is -6.42. The smallest absolute Gasteiger partial charge is 0.0640 e. The minimum absolute atomic E-state index is 0.809. The minimum Gasteiger partial charge on any atom is -0.309 e. The molecule has 0 aliphatic heterocycles. The molecule has 244 valence electrons. The summed E-state index contributed by atoms with van der Waals surface area (Å²) in [6.07, 6.45) is 5.56. The molecule has 0 radical (unpaired) electrons. The lowest BCUT2D eigenvalue weighted by Gasteiger charge is -2.14. The first kappa shape index (κ1) is 29.3. The lowest BCUT2D eigenvalue weighted by Crippen LogP contribution is -2.29. The maximum atomic E-state index is 4.71. The average molecular weight is 681 g/mol. The van der Waals surface area contributed by atoms with Crippen molar-refractivity contribution in [3.63, 3.8) is 0 Å². The van der Waals surface area contributed by atoms with Crippen LogP contribution in [-0.4, -0.2) is 9.13 Å². The van der Waals surface area contributed by atoms with Crippen molar-refractivity contribution in [1.29, 1.82) is 0 Å². The Balaban J connectivity index is 1.30. The van der Waals surface area contributed by atoms with Gasteiger partial charge in [-0.25, -0.2) is 0 Å². The van der Waals surface area contributed by atoms with Gasteiger partial charge in [0.25, 0.3) is 0 Å². The Morgan fingerprint density at radius 2 is 1.19 bits per heavy atom. The topological polar surface area (TPSA) is 9.86 Å². The van der Waals surface area contributed by atoms with E-state index >= 15 is 0 Å². The lowest BCUT2D eigenvalue weighted by atomic mass is 9.90. The molecular formula is C49H32N2S. The normalized spacial score (nSPS) is 14.2. The number of thiophene rings is 1. The van der Waals surface area contributed by atoms with Crippen molar-refractivity contribution in [2.75, 3.05) is 0 Å². The highest BCUT2D eigenvalue weighted by molar-refractivity contribution is 7.26. The minimum atomic E-state index is 0.809. The van der Waals surface area contributed by atoms with Gasteiger partial charge < -0.3 is 9.13 Å². The molecule has 2 nitrogen and oxygen atoms in total. The van der Waals surface area contributed by atoms with Crippen LogP contribution in [0.5, 0.6) is 0 Å². The van der Waals surface area contributed by atoms with Gasteiger partial charge in [-0.3, -0.25) is 0 Å². The molecule has 0 N–H and O–H groups in total. The highest BCUT2D eigenvalue weighted by atomic mass is 32.1. The van der Waals surface area contributed by atoms with Gasteiger partial charge in [-0.05, 0) is 82.8 Å². The first-order chi connectivity index (χ1) is 25.7. The summed E-state index contributed by atoms with van der Waals surface area (Å²) in [7, 11) is 0. The van der Waals surface area contributed by atoms with Crippen molar-refractivity contribution < 1.29 is 0 Å². The number of nitrogens with zero attached hydrogens (tertiary/aromatic N) is 2. The predicted octanol–water partition coefficient (Wildman–Crippen LogP) is 11.6. The monoisotopic (exact) mass is 680 g/mol. The number of allylic oxidation sites excluding steroid dienone is 1. The fraction of sp³-hybridized carbons (Fsp3) is 0.0204. The summed E-state index contributed by atoms with van der Waals surface area (Å²) in [6, 6.07) is 57.6. The molecule has 0 saturated heterocycles. The summed E-state index contributed by atoms with van der Waals surface area (Å²) in [6.45, 7) is 4.71. The number of hydrogen-bond acceptors (Lipinski definition) is 1. The van der Waals surface area contributed by atoms with Gasteiger partial charge in [0.05, 0.1) is 32.3 Å². The van der Waals surface area contributed by atoms with Gasteiger partial charge in [0, 0.05) is 42.5 Å². The maximum absolute atomic E-state index is 4.71. The van der Waals surface area contributed by atoms with E-state index < -0.39 is 0 Å². The van der Waals surface area contributed by atoms with Crippen molar-refractivity contribution in [2.24, 2.45) is 0 Å². The second-order valence-electron chi connectivity index (χ2n) is 13.7. The molecule has 1 aliphatic rings. The Kier molecular flexibility index (Phi) is 6.37. The number of benzene rings is 7. The van der Waals surface area contributed by atoms with Crippen LogP contribution >= 0.6 is 11.3 Å². The van der Waals surface area contributed by atoms with Gasteiger partial charge in [-0.15, -0.1) is 11.3 Å². The molecule has 0 atom stereocenters. The maximum Gasteiger partial charge on any atom is 0.0640 e. The fourth-order valence-electron chi connectivity index (χ4n) is 8.59.